The van der Waals surface area contributed by atoms with Crippen LogP contribution in [0.15, 0.2) is 41.8 Å². The summed E-state index contributed by atoms with van der Waals surface area (Å²) in [6.07, 6.45) is 3.37. The number of aromatic nitrogens is 2. The Morgan fingerprint density at radius 3 is 2.73 bits per heavy atom. The standard InChI is InChI=1S/C18H16N2S2/c1-11-18(22-12(2)19-11)16-8-5-13-10-14(6-7-15(13)20-16)17-4-3-9-21-17/h3,5-10,17H,4H2,1-2H3. The number of thioether (sulfide) groups is 1. The van der Waals surface area contributed by atoms with Gasteiger partial charge in [-0.15, -0.1) is 23.1 Å². The van der Waals surface area contributed by atoms with E-state index in [0.29, 0.717) is 5.25 Å². The molecule has 0 amide bonds. The number of nitrogens with zero attached hydrogens (tertiary/aromatic N) is 2. The van der Waals surface area contributed by atoms with Gasteiger partial charge in [-0.05, 0) is 49.4 Å². The predicted octanol–water partition coefficient (Wildman–Crippen LogP) is 5.67. The Balaban J connectivity index is 1.75. The van der Waals surface area contributed by atoms with Crippen LogP contribution in [0.2, 0.25) is 0 Å². The molecule has 0 N–H and O–H groups in total. The normalized spacial score (nSPS) is 17.5. The van der Waals surface area contributed by atoms with E-state index in [0.717, 1.165) is 28.3 Å². The van der Waals surface area contributed by atoms with Crippen LogP contribution < -0.4 is 0 Å². The van der Waals surface area contributed by atoms with Crippen molar-refractivity contribution in [1.29, 1.82) is 0 Å². The summed E-state index contributed by atoms with van der Waals surface area (Å²) in [6.45, 7) is 4.10. The molecular weight excluding hydrogens is 308 g/mol. The van der Waals surface area contributed by atoms with E-state index in [1.807, 2.05) is 18.7 Å². The van der Waals surface area contributed by atoms with Crippen LogP contribution in [-0.2, 0) is 0 Å². The van der Waals surface area contributed by atoms with Crippen LogP contribution in [-0.4, -0.2) is 9.97 Å². The highest BCUT2D eigenvalue weighted by atomic mass is 32.2. The number of allylic oxidation sites excluding steroid dienone is 1. The number of aryl methyl sites for hydroxylation is 2. The average Bonchev–Trinajstić information content (AvgIpc) is 3.16. The van der Waals surface area contributed by atoms with Gasteiger partial charge in [0.05, 0.1) is 26.8 Å². The van der Waals surface area contributed by atoms with Gasteiger partial charge in [-0.3, -0.25) is 0 Å². The maximum Gasteiger partial charge on any atom is 0.0904 e. The van der Waals surface area contributed by atoms with E-state index in [-0.39, 0.29) is 0 Å². The highest BCUT2D eigenvalue weighted by Gasteiger charge is 2.14. The Hall–Kier alpha value is -1.65. The van der Waals surface area contributed by atoms with Crippen molar-refractivity contribution in [1.82, 2.24) is 9.97 Å². The van der Waals surface area contributed by atoms with Crippen molar-refractivity contribution in [2.45, 2.75) is 25.5 Å². The summed E-state index contributed by atoms with van der Waals surface area (Å²) in [5.74, 6) is 0. The molecular formula is C18H16N2S2. The maximum absolute atomic E-state index is 4.84. The summed E-state index contributed by atoms with van der Waals surface area (Å²) < 4.78 is 0. The largest absolute Gasteiger partial charge is 0.247 e. The number of pyridine rings is 1. The quantitative estimate of drug-likeness (QED) is 0.607. The van der Waals surface area contributed by atoms with E-state index in [1.54, 1.807) is 11.3 Å². The smallest absolute Gasteiger partial charge is 0.0904 e. The molecule has 1 atom stereocenters. The summed E-state index contributed by atoms with van der Waals surface area (Å²) in [4.78, 5) is 10.5. The van der Waals surface area contributed by atoms with Crippen molar-refractivity contribution in [3.05, 3.63) is 58.1 Å². The first-order valence-electron chi connectivity index (χ1n) is 7.36. The third kappa shape index (κ3) is 2.46. The van der Waals surface area contributed by atoms with Crippen LogP contribution >= 0.6 is 23.1 Å². The molecule has 2 nitrogen and oxygen atoms in total. The molecule has 1 aliphatic rings. The SMILES string of the molecule is Cc1nc(C)c(-c2ccc3cc(C4CC=CS4)ccc3n2)s1. The molecule has 0 bridgehead atoms. The topological polar surface area (TPSA) is 25.8 Å². The van der Waals surface area contributed by atoms with E-state index >= 15 is 0 Å². The molecule has 0 radical (unpaired) electrons. The fourth-order valence-electron chi connectivity index (χ4n) is 2.84. The van der Waals surface area contributed by atoms with Gasteiger partial charge in [0.2, 0.25) is 0 Å². The molecule has 22 heavy (non-hydrogen) atoms. The fraction of sp³-hybridized carbons (Fsp3) is 0.222. The minimum absolute atomic E-state index is 0.565. The van der Waals surface area contributed by atoms with E-state index in [4.69, 9.17) is 4.98 Å². The Labute approximate surface area is 138 Å². The van der Waals surface area contributed by atoms with Crippen molar-refractivity contribution >= 4 is 34.0 Å². The lowest BCUT2D eigenvalue weighted by Gasteiger charge is -2.10. The lowest BCUT2D eigenvalue weighted by molar-refractivity contribution is 0.993. The monoisotopic (exact) mass is 324 g/mol. The van der Waals surface area contributed by atoms with E-state index in [9.17, 15) is 0 Å². The molecule has 0 saturated heterocycles. The number of rotatable bonds is 2. The van der Waals surface area contributed by atoms with Gasteiger partial charge in [-0.25, -0.2) is 9.97 Å². The van der Waals surface area contributed by atoms with Gasteiger partial charge in [0.25, 0.3) is 0 Å². The van der Waals surface area contributed by atoms with Crippen molar-refractivity contribution < 1.29 is 0 Å². The third-order valence-electron chi connectivity index (χ3n) is 3.91. The highest BCUT2D eigenvalue weighted by Crippen LogP contribution is 2.39. The molecule has 110 valence electrons. The second kappa shape index (κ2) is 5.52. The minimum Gasteiger partial charge on any atom is -0.247 e. The van der Waals surface area contributed by atoms with E-state index in [2.05, 4.69) is 53.7 Å². The Morgan fingerprint density at radius 1 is 1.09 bits per heavy atom. The first kappa shape index (κ1) is 14.0. The number of hydrogen-bond acceptors (Lipinski definition) is 4. The summed E-state index contributed by atoms with van der Waals surface area (Å²) in [5, 5.41) is 5.07. The Morgan fingerprint density at radius 2 is 2.00 bits per heavy atom. The zero-order valence-electron chi connectivity index (χ0n) is 12.5. The van der Waals surface area contributed by atoms with E-state index in [1.165, 1.54) is 15.8 Å². The number of fused-ring (bicyclic) bond motifs is 1. The fourth-order valence-corrected chi connectivity index (χ4v) is 4.67. The van der Waals surface area contributed by atoms with Crippen molar-refractivity contribution in [3.8, 4) is 10.6 Å². The lowest BCUT2D eigenvalue weighted by Crippen LogP contribution is -1.91. The molecule has 2 aromatic heterocycles. The zero-order valence-corrected chi connectivity index (χ0v) is 14.2. The molecule has 0 aliphatic carbocycles. The molecule has 1 aromatic carbocycles. The van der Waals surface area contributed by atoms with Crippen LogP contribution in [0.5, 0.6) is 0 Å². The first-order valence-corrected chi connectivity index (χ1v) is 9.12. The molecule has 4 rings (SSSR count). The van der Waals surface area contributed by atoms with E-state index < -0.39 is 0 Å². The highest BCUT2D eigenvalue weighted by molar-refractivity contribution is 8.02. The van der Waals surface area contributed by atoms with Crippen LogP contribution in [0, 0.1) is 13.8 Å². The molecule has 0 saturated carbocycles. The lowest BCUT2D eigenvalue weighted by atomic mass is 10.1. The summed E-state index contributed by atoms with van der Waals surface area (Å²) in [7, 11) is 0. The van der Waals surface area contributed by atoms with Crippen molar-refractivity contribution in [2.75, 3.05) is 0 Å². The minimum atomic E-state index is 0.565. The Kier molecular flexibility index (Phi) is 3.51. The average molecular weight is 324 g/mol. The van der Waals surface area contributed by atoms with Gasteiger partial charge in [-0.1, -0.05) is 18.2 Å². The third-order valence-corrected chi connectivity index (χ3v) is 6.15. The number of hydrogen-bond donors (Lipinski definition) is 0. The van der Waals surface area contributed by atoms with Crippen LogP contribution in [0.1, 0.15) is 27.9 Å². The Bertz CT molecular complexity index is 872. The van der Waals surface area contributed by atoms with Crippen LogP contribution in [0.25, 0.3) is 21.5 Å². The molecule has 0 spiro atoms. The number of benzene rings is 1. The van der Waals surface area contributed by atoms with Gasteiger partial charge in [0.15, 0.2) is 0 Å². The molecule has 4 heteroatoms. The van der Waals surface area contributed by atoms with Gasteiger partial charge < -0.3 is 0 Å². The van der Waals surface area contributed by atoms with Crippen LogP contribution in [0.3, 0.4) is 0 Å². The van der Waals surface area contributed by atoms with Crippen molar-refractivity contribution in [3.63, 3.8) is 0 Å². The zero-order chi connectivity index (χ0) is 15.1. The first-order chi connectivity index (χ1) is 10.7. The maximum atomic E-state index is 4.84. The molecule has 1 aliphatic heterocycles. The van der Waals surface area contributed by atoms with Crippen LogP contribution in [0.4, 0.5) is 0 Å². The molecule has 1 unspecified atom stereocenters. The summed E-state index contributed by atoms with van der Waals surface area (Å²) in [6, 6.07) is 10.9. The van der Waals surface area contributed by atoms with Gasteiger partial charge in [0, 0.05) is 10.6 Å². The van der Waals surface area contributed by atoms with Gasteiger partial charge in [-0.2, -0.15) is 0 Å². The molecule has 3 heterocycles. The summed E-state index contributed by atoms with van der Waals surface area (Å²) in [5.41, 5.74) is 4.55. The van der Waals surface area contributed by atoms with Gasteiger partial charge >= 0.3 is 0 Å². The molecule has 3 aromatic rings. The van der Waals surface area contributed by atoms with Crippen molar-refractivity contribution in [2.24, 2.45) is 0 Å². The molecule has 0 fully saturated rings. The summed E-state index contributed by atoms with van der Waals surface area (Å²) >= 11 is 3.62. The second-order valence-electron chi connectivity index (χ2n) is 5.53. The second-order valence-corrected chi connectivity index (χ2v) is 7.84. The number of thiazole rings is 1. The van der Waals surface area contributed by atoms with Gasteiger partial charge in [0.1, 0.15) is 0 Å². The predicted molar refractivity (Wildman–Crippen MR) is 96.4 cm³/mol.